The molecular weight excluding hydrogens is 218 g/mol. The Hall–Kier alpha value is -0.390. The first-order chi connectivity index (χ1) is 6.36. The van der Waals surface area contributed by atoms with Crippen molar-refractivity contribution in [3.05, 3.63) is 16.3 Å². The van der Waals surface area contributed by atoms with E-state index in [0.717, 1.165) is 5.56 Å². The number of fused-ring (bicyclic) bond motifs is 1. The van der Waals surface area contributed by atoms with Crippen LogP contribution in [-0.4, -0.2) is 26.3 Å². The van der Waals surface area contributed by atoms with Crippen molar-refractivity contribution in [3.8, 4) is 0 Å². The molecule has 2 heterocycles. The molecule has 0 aromatic carbocycles. The Morgan fingerprint density at radius 1 is 1.43 bits per heavy atom. The van der Waals surface area contributed by atoms with Gasteiger partial charge in [-0.1, -0.05) is 13.8 Å². The minimum absolute atomic E-state index is 0.0740. The summed E-state index contributed by atoms with van der Waals surface area (Å²) in [5, 5.41) is 3.67. The lowest BCUT2D eigenvalue weighted by molar-refractivity contribution is 0.352. The first kappa shape index (κ1) is 10.1. The maximum Gasteiger partial charge on any atom is 0.243 e. The molecule has 0 saturated carbocycles. The van der Waals surface area contributed by atoms with Gasteiger partial charge in [-0.2, -0.15) is 11.3 Å². The van der Waals surface area contributed by atoms with Crippen LogP contribution < -0.4 is 0 Å². The zero-order valence-corrected chi connectivity index (χ0v) is 10.1. The minimum atomic E-state index is -3.20. The Labute approximate surface area is 88.4 Å². The van der Waals surface area contributed by atoms with Gasteiger partial charge in [0.15, 0.2) is 0 Å². The number of sulfonamides is 1. The predicted molar refractivity (Wildman–Crippen MR) is 57.2 cm³/mol. The van der Waals surface area contributed by atoms with Crippen molar-refractivity contribution >= 4 is 21.4 Å². The third-order valence-corrected chi connectivity index (χ3v) is 5.40. The molecule has 1 aliphatic heterocycles. The predicted octanol–water partition coefficient (Wildman–Crippen LogP) is 1.66. The summed E-state index contributed by atoms with van der Waals surface area (Å²) in [7, 11) is -1.57. The second-order valence-electron chi connectivity index (χ2n) is 4.29. The van der Waals surface area contributed by atoms with Crippen molar-refractivity contribution < 1.29 is 8.42 Å². The maximum atomic E-state index is 11.9. The van der Waals surface area contributed by atoms with Crippen LogP contribution in [0, 0.1) is 0 Å². The Kier molecular flexibility index (Phi) is 2.03. The van der Waals surface area contributed by atoms with Crippen molar-refractivity contribution in [1.29, 1.82) is 0 Å². The molecule has 78 valence electrons. The van der Waals surface area contributed by atoms with Crippen LogP contribution in [0.5, 0.6) is 0 Å². The third kappa shape index (κ3) is 1.23. The van der Waals surface area contributed by atoms with Gasteiger partial charge < -0.3 is 0 Å². The summed E-state index contributed by atoms with van der Waals surface area (Å²) in [4.78, 5) is 0.487. The maximum absolute atomic E-state index is 11.9. The van der Waals surface area contributed by atoms with Gasteiger partial charge in [-0.15, -0.1) is 0 Å². The largest absolute Gasteiger partial charge is 0.243 e. The molecule has 0 amide bonds. The SMILES string of the molecule is CN1CC(C)(C)c2cscc2S1(=O)=O. The minimum Gasteiger partial charge on any atom is -0.207 e. The van der Waals surface area contributed by atoms with Crippen LogP contribution in [0.25, 0.3) is 0 Å². The molecule has 0 radical (unpaired) electrons. The fourth-order valence-electron chi connectivity index (χ4n) is 1.87. The van der Waals surface area contributed by atoms with Crippen LogP contribution in [0.3, 0.4) is 0 Å². The Morgan fingerprint density at radius 2 is 2.07 bits per heavy atom. The summed E-state index contributed by atoms with van der Waals surface area (Å²) < 4.78 is 25.2. The summed E-state index contributed by atoms with van der Waals surface area (Å²) in [6.45, 7) is 4.70. The number of hydrogen-bond donors (Lipinski definition) is 0. The molecule has 0 unspecified atom stereocenters. The van der Waals surface area contributed by atoms with Gasteiger partial charge in [-0.25, -0.2) is 12.7 Å². The van der Waals surface area contributed by atoms with Crippen LogP contribution in [0.4, 0.5) is 0 Å². The normalized spacial score (nSPS) is 24.5. The quantitative estimate of drug-likeness (QED) is 0.681. The number of rotatable bonds is 0. The molecule has 0 fully saturated rings. The van der Waals surface area contributed by atoms with Gasteiger partial charge in [0.1, 0.15) is 0 Å². The molecule has 2 rings (SSSR count). The molecule has 0 spiro atoms. The Morgan fingerprint density at radius 3 is 2.71 bits per heavy atom. The molecule has 0 N–H and O–H groups in total. The standard InChI is InChI=1S/C9H13NO2S2/c1-9(2)6-10(3)14(11,12)8-5-13-4-7(8)9/h4-5H,6H2,1-3H3. The van der Waals surface area contributed by atoms with Crippen molar-refractivity contribution in [2.75, 3.05) is 13.6 Å². The van der Waals surface area contributed by atoms with Gasteiger partial charge in [-0.05, 0) is 10.9 Å². The van der Waals surface area contributed by atoms with Gasteiger partial charge in [-0.3, -0.25) is 0 Å². The van der Waals surface area contributed by atoms with E-state index >= 15 is 0 Å². The van der Waals surface area contributed by atoms with Crippen LogP contribution in [0.1, 0.15) is 19.4 Å². The van der Waals surface area contributed by atoms with Crippen LogP contribution >= 0.6 is 11.3 Å². The van der Waals surface area contributed by atoms with Crippen molar-refractivity contribution in [1.82, 2.24) is 4.31 Å². The van der Waals surface area contributed by atoms with E-state index < -0.39 is 10.0 Å². The fourth-order valence-corrected chi connectivity index (χ4v) is 4.94. The van der Waals surface area contributed by atoms with Gasteiger partial charge in [0, 0.05) is 24.4 Å². The summed E-state index contributed by atoms with van der Waals surface area (Å²) in [6, 6.07) is 0. The van der Waals surface area contributed by atoms with Crippen LogP contribution in [0.15, 0.2) is 15.7 Å². The van der Waals surface area contributed by atoms with E-state index in [9.17, 15) is 8.42 Å². The van der Waals surface area contributed by atoms with Crippen LogP contribution in [-0.2, 0) is 15.4 Å². The second-order valence-corrected chi connectivity index (χ2v) is 7.05. The lowest BCUT2D eigenvalue weighted by Gasteiger charge is -2.35. The molecule has 0 saturated heterocycles. The molecule has 1 aromatic rings. The lowest BCUT2D eigenvalue weighted by Crippen LogP contribution is -2.43. The first-order valence-corrected chi connectivity index (χ1v) is 6.77. The highest BCUT2D eigenvalue weighted by Crippen LogP contribution is 2.38. The molecule has 3 nitrogen and oxygen atoms in total. The summed E-state index contributed by atoms with van der Waals surface area (Å²) >= 11 is 1.46. The summed E-state index contributed by atoms with van der Waals surface area (Å²) in [6.07, 6.45) is 0. The van der Waals surface area contributed by atoms with E-state index in [2.05, 4.69) is 13.8 Å². The van der Waals surface area contributed by atoms with Gasteiger partial charge >= 0.3 is 0 Å². The van der Waals surface area contributed by atoms with E-state index in [0.29, 0.717) is 11.4 Å². The first-order valence-electron chi connectivity index (χ1n) is 4.39. The van der Waals surface area contributed by atoms with Gasteiger partial charge in [0.25, 0.3) is 0 Å². The van der Waals surface area contributed by atoms with Crippen molar-refractivity contribution in [3.63, 3.8) is 0 Å². The van der Waals surface area contributed by atoms with E-state index in [1.54, 1.807) is 12.4 Å². The van der Waals surface area contributed by atoms with Crippen molar-refractivity contribution in [2.24, 2.45) is 0 Å². The van der Waals surface area contributed by atoms with Crippen molar-refractivity contribution in [2.45, 2.75) is 24.2 Å². The van der Waals surface area contributed by atoms with Crippen LogP contribution in [0.2, 0.25) is 0 Å². The smallest absolute Gasteiger partial charge is 0.207 e. The van der Waals surface area contributed by atoms with E-state index in [1.165, 1.54) is 15.6 Å². The molecule has 1 aromatic heterocycles. The molecule has 14 heavy (non-hydrogen) atoms. The molecule has 1 aliphatic rings. The highest BCUT2D eigenvalue weighted by atomic mass is 32.2. The average molecular weight is 231 g/mol. The lowest BCUT2D eigenvalue weighted by atomic mass is 9.86. The zero-order chi connectivity index (χ0) is 10.6. The van der Waals surface area contributed by atoms with Gasteiger partial charge in [0.2, 0.25) is 10.0 Å². The second kappa shape index (κ2) is 2.81. The summed E-state index contributed by atoms with van der Waals surface area (Å²) in [5.41, 5.74) is 0.885. The van der Waals surface area contributed by atoms with E-state index in [4.69, 9.17) is 0 Å². The third-order valence-electron chi connectivity index (χ3n) is 2.66. The Bertz CT molecular complexity index is 459. The van der Waals surface area contributed by atoms with E-state index in [-0.39, 0.29) is 5.41 Å². The highest BCUT2D eigenvalue weighted by molar-refractivity contribution is 7.89. The fraction of sp³-hybridized carbons (Fsp3) is 0.556. The Balaban J connectivity index is 2.72. The number of hydrogen-bond acceptors (Lipinski definition) is 3. The molecule has 0 atom stereocenters. The zero-order valence-electron chi connectivity index (χ0n) is 8.44. The topological polar surface area (TPSA) is 37.4 Å². The summed E-state index contributed by atoms with van der Waals surface area (Å²) in [5.74, 6) is 0. The van der Waals surface area contributed by atoms with E-state index in [1.807, 2.05) is 5.38 Å². The molecule has 5 heteroatoms. The number of thiophene rings is 1. The average Bonchev–Trinajstić information content (AvgIpc) is 2.49. The van der Waals surface area contributed by atoms with Gasteiger partial charge in [0.05, 0.1) is 4.90 Å². The number of likely N-dealkylation sites (N-methyl/N-ethyl adjacent to an activating group) is 1. The molecule has 0 aliphatic carbocycles. The number of nitrogens with zero attached hydrogens (tertiary/aromatic N) is 1. The highest BCUT2D eigenvalue weighted by Gasteiger charge is 2.39. The molecular formula is C9H13NO2S2. The molecule has 0 bridgehead atoms. The monoisotopic (exact) mass is 231 g/mol.